The SMILES string of the molecule is Cc1ccc(C(=O)NCCCc2nc3ccccc3n2CC(=O)N(C)Cc2ccccc2)cc1. The smallest absolute Gasteiger partial charge is 0.251 e. The van der Waals surface area contributed by atoms with Gasteiger partial charge in [-0.1, -0.05) is 60.2 Å². The topological polar surface area (TPSA) is 67.2 Å². The van der Waals surface area contributed by atoms with Gasteiger partial charge in [0.25, 0.3) is 5.91 Å². The average molecular weight is 455 g/mol. The van der Waals surface area contributed by atoms with Crippen molar-refractivity contribution in [2.75, 3.05) is 13.6 Å². The first-order chi connectivity index (χ1) is 16.5. The van der Waals surface area contributed by atoms with Crippen LogP contribution in [0.4, 0.5) is 0 Å². The second kappa shape index (κ2) is 10.8. The normalized spacial score (nSPS) is 10.9. The molecule has 6 heteroatoms. The lowest BCUT2D eigenvalue weighted by atomic mass is 10.1. The van der Waals surface area contributed by atoms with Crippen molar-refractivity contribution in [3.05, 3.63) is 101 Å². The van der Waals surface area contributed by atoms with Gasteiger partial charge in [0.05, 0.1) is 11.0 Å². The average Bonchev–Trinajstić information content (AvgIpc) is 3.20. The van der Waals surface area contributed by atoms with Crippen molar-refractivity contribution in [3.8, 4) is 0 Å². The molecule has 2 amide bonds. The first-order valence-electron chi connectivity index (χ1n) is 11.6. The number of benzene rings is 3. The first-order valence-corrected chi connectivity index (χ1v) is 11.6. The molecule has 0 unspecified atom stereocenters. The van der Waals surface area contributed by atoms with E-state index in [1.54, 1.807) is 4.90 Å². The Bertz CT molecular complexity index is 1260. The van der Waals surface area contributed by atoms with E-state index in [4.69, 9.17) is 4.98 Å². The molecular formula is C28H30N4O2. The Balaban J connectivity index is 1.40. The number of nitrogens with zero attached hydrogens (tertiary/aromatic N) is 3. The number of hydrogen-bond donors (Lipinski definition) is 1. The third-order valence-electron chi connectivity index (χ3n) is 5.89. The number of para-hydroxylation sites is 2. The predicted molar refractivity (Wildman–Crippen MR) is 134 cm³/mol. The van der Waals surface area contributed by atoms with Gasteiger partial charge >= 0.3 is 0 Å². The van der Waals surface area contributed by atoms with Crippen LogP contribution in [-0.4, -0.2) is 39.9 Å². The number of fused-ring (bicyclic) bond motifs is 1. The van der Waals surface area contributed by atoms with Crippen molar-refractivity contribution < 1.29 is 9.59 Å². The molecule has 0 aliphatic heterocycles. The van der Waals surface area contributed by atoms with E-state index >= 15 is 0 Å². The van der Waals surface area contributed by atoms with Gasteiger partial charge in [-0.3, -0.25) is 9.59 Å². The summed E-state index contributed by atoms with van der Waals surface area (Å²) in [5.41, 5.74) is 4.70. The van der Waals surface area contributed by atoms with Crippen LogP contribution in [0, 0.1) is 6.92 Å². The lowest BCUT2D eigenvalue weighted by molar-refractivity contribution is -0.131. The van der Waals surface area contributed by atoms with E-state index in [2.05, 4.69) is 5.32 Å². The maximum atomic E-state index is 13.0. The minimum atomic E-state index is -0.0776. The number of rotatable bonds is 9. The molecule has 0 atom stereocenters. The molecule has 0 saturated heterocycles. The Morgan fingerprint density at radius 3 is 2.41 bits per heavy atom. The van der Waals surface area contributed by atoms with E-state index in [0.29, 0.717) is 25.1 Å². The molecule has 0 saturated carbocycles. The largest absolute Gasteiger partial charge is 0.352 e. The van der Waals surface area contributed by atoms with E-state index in [9.17, 15) is 9.59 Å². The summed E-state index contributed by atoms with van der Waals surface area (Å²) in [5.74, 6) is 0.805. The molecule has 174 valence electrons. The molecule has 0 radical (unpaired) electrons. The molecule has 3 aromatic carbocycles. The highest BCUT2D eigenvalue weighted by Gasteiger charge is 2.16. The number of hydrogen-bond acceptors (Lipinski definition) is 3. The molecule has 0 fully saturated rings. The number of aromatic nitrogens is 2. The Labute approximate surface area is 200 Å². The van der Waals surface area contributed by atoms with Gasteiger partial charge in [-0.15, -0.1) is 0 Å². The zero-order valence-electron chi connectivity index (χ0n) is 19.7. The van der Waals surface area contributed by atoms with Crippen molar-refractivity contribution >= 4 is 22.8 Å². The van der Waals surface area contributed by atoms with Crippen LogP contribution in [0.25, 0.3) is 11.0 Å². The summed E-state index contributed by atoms with van der Waals surface area (Å²) >= 11 is 0. The van der Waals surface area contributed by atoms with Gasteiger partial charge in [-0.2, -0.15) is 0 Å². The van der Waals surface area contributed by atoms with Crippen molar-refractivity contribution in [2.45, 2.75) is 32.9 Å². The van der Waals surface area contributed by atoms with Crippen LogP contribution in [0.2, 0.25) is 0 Å². The van der Waals surface area contributed by atoms with Gasteiger partial charge in [0.2, 0.25) is 5.91 Å². The highest BCUT2D eigenvalue weighted by molar-refractivity contribution is 5.94. The van der Waals surface area contributed by atoms with Crippen LogP contribution >= 0.6 is 0 Å². The fourth-order valence-corrected chi connectivity index (χ4v) is 3.95. The Morgan fingerprint density at radius 2 is 1.65 bits per heavy atom. The quantitative estimate of drug-likeness (QED) is 0.382. The molecular weight excluding hydrogens is 424 g/mol. The molecule has 1 aromatic heterocycles. The highest BCUT2D eigenvalue weighted by atomic mass is 16.2. The standard InChI is InChI=1S/C28H30N4O2/c1-21-14-16-23(17-15-21)28(34)29-18-8-13-26-30-24-11-6-7-12-25(24)32(26)20-27(33)31(2)19-22-9-4-3-5-10-22/h3-7,9-12,14-17H,8,13,18-20H2,1-2H3,(H,29,34). The van der Waals surface area contributed by atoms with Crippen molar-refractivity contribution in [3.63, 3.8) is 0 Å². The fourth-order valence-electron chi connectivity index (χ4n) is 3.95. The van der Waals surface area contributed by atoms with Crippen LogP contribution in [0.1, 0.15) is 33.7 Å². The molecule has 0 aliphatic carbocycles. The second-order valence-electron chi connectivity index (χ2n) is 8.56. The Kier molecular flexibility index (Phi) is 7.38. The number of amides is 2. The molecule has 34 heavy (non-hydrogen) atoms. The van der Waals surface area contributed by atoms with E-state index in [0.717, 1.165) is 34.4 Å². The summed E-state index contributed by atoms with van der Waals surface area (Å²) in [6.07, 6.45) is 1.40. The Morgan fingerprint density at radius 1 is 0.941 bits per heavy atom. The Hall–Kier alpha value is -3.93. The third kappa shape index (κ3) is 5.70. The van der Waals surface area contributed by atoms with Crippen molar-refractivity contribution in [1.29, 1.82) is 0 Å². The van der Waals surface area contributed by atoms with Gasteiger partial charge in [-0.05, 0) is 43.2 Å². The molecule has 1 N–H and O–H groups in total. The van der Waals surface area contributed by atoms with Crippen LogP contribution in [0.5, 0.6) is 0 Å². The summed E-state index contributed by atoms with van der Waals surface area (Å²) in [6, 6.07) is 25.4. The van der Waals surface area contributed by atoms with Crippen molar-refractivity contribution in [2.24, 2.45) is 0 Å². The number of aryl methyl sites for hydroxylation is 2. The fraction of sp³-hybridized carbons (Fsp3) is 0.250. The zero-order chi connectivity index (χ0) is 23.9. The number of carbonyl (C=O) groups is 2. The molecule has 0 spiro atoms. The summed E-state index contributed by atoms with van der Waals surface area (Å²) in [6.45, 7) is 3.33. The number of imidazole rings is 1. The summed E-state index contributed by atoms with van der Waals surface area (Å²) in [7, 11) is 1.83. The third-order valence-corrected chi connectivity index (χ3v) is 5.89. The second-order valence-corrected chi connectivity index (χ2v) is 8.56. The van der Waals surface area contributed by atoms with Gasteiger partial charge in [0.15, 0.2) is 0 Å². The van der Waals surface area contributed by atoms with E-state index in [1.807, 2.05) is 97.4 Å². The molecule has 6 nitrogen and oxygen atoms in total. The first kappa shape index (κ1) is 23.2. The van der Waals surface area contributed by atoms with Gasteiger partial charge in [-0.25, -0.2) is 4.98 Å². The number of carbonyl (C=O) groups excluding carboxylic acids is 2. The zero-order valence-corrected chi connectivity index (χ0v) is 19.7. The number of nitrogens with one attached hydrogen (secondary N) is 1. The highest BCUT2D eigenvalue weighted by Crippen LogP contribution is 2.18. The minimum Gasteiger partial charge on any atom is -0.352 e. The van der Waals surface area contributed by atoms with Crippen LogP contribution in [0.3, 0.4) is 0 Å². The van der Waals surface area contributed by atoms with Crippen molar-refractivity contribution in [1.82, 2.24) is 19.8 Å². The molecule has 1 heterocycles. The van der Waals surface area contributed by atoms with E-state index in [1.165, 1.54) is 0 Å². The van der Waals surface area contributed by atoms with Crippen LogP contribution in [-0.2, 0) is 24.3 Å². The maximum absolute atomic E-state index is 13.0. The maximum Gasteiger partial charge on any atom is 0.251 e. The van der Waals surface area contributed by atoms with Crippen LogP contribution < -0.4 is 5.32 Å². The summed E-state index contributed by atoms with van der Waals surface area (Å²) < 4.78 is 2.00. The van der Waals surface area contributed by atoms with E-state index < -0.39 is 0 Å². The van der Waals surface area contributed by atoms with Gasteiger partial charge in [0, 0.05) is 32.1 Å². The minimum absolute atomic E-state index is 0.0286. The van der Waals surface area contributed by atoms with Gasteiger partial charge < -0.3 is 14.8 Å². The molecule has 4 rings (SSSR count). The number of likely N-dealkylation sites (N-methyl/N-ethyl adjacent to an activating group) is 1. The van der Waals surface area contributed by atoms with Gasteiger partial charge in [0.1, 0.15) is 12.4 Å². The van der Waals surface area contributed by atoms with E-state index in [-0.39, 0.29) is 18.4 Å². The monoisotopic (exact) mass is 454 g/mol. The molecule has 4 aromatic rings. The molecule has 0 aliphatic rings. The lowest BCUT2D eigenvalue weighted by Crippen LogP contribution is -2.30. The summed E-state index contributed by atoms with van der Waals surface area (Å²) in [5, 5.41) is 2.98. The lowest BCUT2D eigenvalue weighted by Gasteiger charge is -2.19. The van der Waals surface area contributed by atoms with Crippen LogP contribution in [0.15, 0.2) is 78.9 Å². The molecule has 0 bridgehead atoms. The predicted octanol–water partition coefficient (Wildman–Crippen LogP) is 4.37. The summed E-state index contributed by atoms with van der Waals surface area (Å²) in [4.78, 5) is 31.9.